The van der Waals surface area contributed by atoms with Gasteiger partial charge in [-0.3, -0.25) is 38.4 Å². The van der Waals surface area contributed by atoms with Crippen LogP contribution in [0.4, 0.5) is 23.5 Å². The topological polar surface area (TPSA) is 304 Å². The number of carboxylic acid groups (broad SMARTS) is 1. The van der Waals surface area contributed by atoms with E-state index in [0.29, 0.717) is 19.4 Å². The predicted molar refractivity (Wildman–Crippen MR) is 163 cm³/mol. The van der Waals surface area contributed by atoms with Crippen LogP contribution in [-0.4, -0.2) is 94.8 Å². The summed E-state index contributed by atoms with van der Waals surface area (Å²) in [4.78, 5) is 86.3. The molecule has 44 heavy (non-hydrogen) atoms. The third-order valence-electron chi connectivity index (χ3n) is 7.07. The molecule has 20 heteroatoms. The molecule has 4 aromatic heterocycles. The first-order chi connectivity index (χ1) is 21.0. The molecule has 4 heterocycles. The monoisotopic (exact) mass is 614 g/mol. The lowest BCUT2D eigenvalue weighted by Gasteiger charge is -2.29. The van der Waals surface area contributed by atoms with Gasteiger partial charge in [-0.1, -0.05) is 6.42 Å². The molecule has 4 aromatic rings. The number of nitrogens with two attached hydrogens (primary N) is 3. The highest BCUT2D eigenvalue weighted by atomic mass is 16.4. The zero-order valence-electron chi connectivity index (χ0n) is 24.1. The van der Waals surface area contributed by atoms with Crippen molar-refractivity contribution < 1.29 is 9.90 Å². The van der Waals surface area contributed by atoms with Crippen LogP contribution in [-0.2, 0) is 17.9 Å². The molecule has 0 aliphatic carbocycles. The average molecular weight is 615 g/mol. The highest BCUT2D eigenvalue weighted by Crippen LogP contribution is 2.16. The van der Waals surface area contributed by atoms with Crippen LogP contribution in [0.25, 0.3) is 22.1 Å². The Bertz CT molecular complexity index is 1800. The third kappa shape index (κ3) is 6.34. The van der Waals surface area contributed by atoms with Gasteiger partial charge in [0, 0.05) is 40.3 Å². The minimum Gasteiger partial charge on any atom is -0.480 e. The molecule has 0 aliphatic rings. The van der Waals surface area contributed by atoms with Crippen molar-refractivity contribution in [3.8, 4) is 0 Å². The van der Waals surface area contributed by atoms with E-state index in [9.17, 15) is 29.1 Å². The molecule has 0 fully saturated rings. The molecule has 0 saturated heterocycles. The number of carbonyl (C=O) groups is 1. The second kappa shape index (κ2) is 13.3. The van der Waals surface area contributed by atoms with Crippen molar-refractivity contribution in [2.24, 2.45) is 5.73 Å². The summed E-state index contributed by atoms with van der Waals surface area (Å²) in [6, 6.07) is -1.05. The van der Waals surface area contributed by atoms with Crippen LogP contribution >= 0.6 is 0 Å². The van der Waals surface area contributed by atoms with Gasteiger partial charge in [-0.2, -0.15) is 19.9 Å². The van der Waals surface area contributed by atoms with Gasteiger partial charge in [0.2, 0.25) is 11.9 Å². The summed E-state index contributed by atoms with van der Waals surface area (Å²) >= 11 is 0. The summed E-state index contributed by atoms with van der Waals surface area (Å²) in [6.45, 7) is -0.00508. The number of unbranched alkanes of at least 4 members (excludes halogenated alkanes) is 1. The zero-order valence-corrected chi connectivity index (χ0v) is 24.1. The summed E-state index contributed by atoms with van der Waals surface area (Å²) in [5, 5.41) is 15.4. The molecule has 4 rings (SSSR count). The first-order valence-electron chi connectivity index (χ1n) is 13.6. The third-order valence-corrected chi connectivity index (χ3v) is 7.07. The van der Waals surface area contributed by atoms with Gasteiger partial charge in [-0.05, 0) is 19.4 Å². The maximum atomic E-state index is 12.9. The zero-order chi connectivity index (χ0) is 32.1. The number of hydrogen-bond donors (Lipinski definition) is 8. The number of anilines is 4. The lowest BCUT2D eigenvalue weighted by atomic mass is 10.1. The van der Waals surface area contributed by atoms with Gasteiger partial charge < -0.3 is 32.9 Å². The number of aromatic amines is 2. The summed E-state index contributed by atoms with van der Waals surface area (Å²) in [5.74, 6) is -1.58. The number of aliphatic carboxylic acids is 1. The highest BCUT2D eigenvalue weighted by molar-refractivity contribution is 5.85. The molecule has 0 saturated carbocycles. The molecule has 1 unspecified atom stereocenters. The fourth-order valence-corrected chi connectivity index (χ4v) is 4.86. The minimum absolute atomic E-state index is 0.0430. The van der Waals surface area contributed by atoms with Crippen molar-refractivity contribution in [1.82, 2.24) is 43.9 Å². The van der Waals surface area contributed by atoms with Crippen molar-refractivity contribution >= 4 is 51.6 Å². The quantitative estimate of drug-likeness (QED) is 0.0661. The first kappa shape index (κ1) is 31.6. The van der Waals surface area contributed by atoms with Crippen LogP contribution in [0.5, 0.6) is 0 Å². The Balaban J connectivity index is 1.76. The minimum atomic E-state index is -1.14. The SMILES string of the molecule is CNc1nc2c(c(N)nc(=O)n2CCN(CCn2c(=O)nc(N)c3c(=O)[nH]c(NC)nc32)C(CCCCN)C(=O)O)c(=O)[nH]1. The summed E-state index contributed by atoms with van der Waals surface area (Å²) < 4.78 is 2.25. The number of nitrogens with one attached hydrogen (secondary N) is 4. The van der Waals surface area contributed by atoms with Crippen LogP contribution < -0.4 is 50.3 Å². The van der Waals surface area contributed by atoms with E-state index in [2.05, 4.69) is 40.5 Å². The van der Waals surface area contributed by atoms with Crippen molar-refractivity contribution in [3.63, 3.8) is 0 Å². The van der Waals surface area contributed by atoms with Crippen LogP contribution in [0.3, 0.4) is 0 Å². The molecule has 11 N–H and O–H groups in total. The molecule has 0 radical (unpaired) electrons. The number of carboxylic acids is 1. The number of nitrogen functional groups attached to an aromatic ring is 2. The Labute approximate surface area is 247 Å². The maximum absolute atomic E-state index is 12.9. The van der Waals surface area contributed by atoms with Crippen molar-refractivity contribution in [3.05, 3.63) is 41.7 Å². The Hall–Kier alpha value is -5.37. The molecule has 0 aliphatic heterocycles. The fraction of sp³-hybridized carbons (Fsp3) is 0.458. The van der Waals surface area contributed by atoms with E-state index in [1.165, 1.54) is 14.1 Å². The number of H-pyrrole nitrogens is 2. The number of aromatic nitrogens is 8. The Morgan fingerprint density at radius 2 is 1.30 bits per heavy atom. The van der Waals surface area contributed by atoms with Gasteiger partial charge >= 0.3 is 17.3 Å². The standard InChI is InChI=1S/C24H34N14O6/c1-28-21-32-16-12(18(39)34-21)14(26)30-23(43)37(16)9-7-36(11(20(41)42)5-3-4-6-25)8-10-38-17-13(15(27)31-24(38)44)19(40)35-22(29-2)33-17/h11H,3-10,25H2,1-2H3,(H,41,42)(H2,26,30,43)(H2,27,31,44)(H2,28,32,34,39)(H2,29,33,35,40). The average Bonchev–Trinajstić information content (AvgIpc) is 2.96. The van der Waals surface area contributed by atoms with E-state index >= 15 is 0 Å². The molecule has 0 aromatic carbocycles. The van der Waals surface area contributed by atoms with Gasteiger partial charge in [0.05, 0.1) is 0 Å². The van der Waals surface area contributed by atoms with Crippen molar-refractivity contribution in [2.75, 3.05) is 55.8 Å². The van der Waals surface area contributed by atoms with E-state index in [4.69, 9.17) is 17.2 Å². The largest absolute Gasteiger partial charge is 0.480 e. The number of rotatable bonds is 14. The van der Waals surface area contributed by atoms with Gasteiger partial charge in [0.1, 0.15) is 28.5 Å². The molecule has 20 nitrogen and oxygen atoms in total. The molecule has 1 atom stereocenters. The van der Waals surface area contributed by atoms with Gasteiger partial charge in [0.15, 0.2) is 11.3 Å². The lowest BCUT2D eigenvalue weighted by Crippen LogP contribution is -2.46. The molecule has 236 valence electrons. The van der Waals surface area contributed by atoms with E-state index in [1.54, 1.807) is 4.90 Å². The molecular weight excluding hydrogens is 580 g/mol. The smallest absolute Gasteiger partial charge is 0.351 e. The van der Waals surface area contributed by atoms with Crippen molar-refractivity contribution in [1.29, 1.82) is 0 Å². The van der Waals surface area contributed by atoms with Crippen LogP contribution in [0.1, 0.15) is 19.3 Å². The first-order valence-corrected chi connectivity index (χ1v) is 13.6. The highest BCUT2D eigenvalue weighted by Gasteiger charge is 2.27. The molecule has 0 amide bonds. The number of fused-ring (bicyclic) bond motifs is 2. The second-order valence-corrected chi connectivity index (χ2v) is 9.76. The summed E-state index contributed by atoms with van der Waals surface area (Å²) in [6.07, 6.45) is 1.28. The lowest BCUT2D eigenvalue weighted by molar-refractivity contribution is -0.143. The predicted octanol–water partition coefficient (Wildman–Crippen LogP) is -2.89. The second-order valence-electron chi connectivity index (χ2n) is 9.76. The van der Waals surface area contributed by atoms with Gasteiger partial charge in [-0.25, -0.2) is 9.59 Å². The van der Waals surface area contributed by atoms with Gasteiger partial charge in [-0.15, -0.1) is 0 Å². The van der Waals surface area contributed by atoms with Crippen LogP contribution in [0.2, 0.25) is 0 Å². The number of nitrogens with zero attached hydrogens (tertiary/aromatic N) is 7. The maximum Gasteiger partial charge on any atom is 0.351 e. The molecule has 0 spiro atoms. The fourth-order valence-electron chi connectivity index (χ4n) is 4.86. The summed E-state index contributed by atoms with van der Waals surface area (Å²) in [7, 11) is 3.05. The molecule has 0 bridgehead atoms. The van der Waals surface area contributed by atoms with Crippen LogP contribution in [0, 0.1) is 0 Å². The normalized spacial score (nSPS) is 12.2. The Morgan fingerprint density at radius 1 is 0.841 bits per heavy atom. The Morgan fingerprint density at radius 3 is 1.68 bits per heavy atom. The van der Waals surface area contributed by atoms with E-state index in [0.717, 1.165) is 9.13 Å². The van der Waals surface area contributed by atoms with Gasteiger partial charge in [0.25, 0.3) is 11.1 Å². The van der Waals surface area contributed by atoms with E-state index in [1.807, 2.05) is 0 Å². The molecular formula is C24H34N14O6. The van der Waals surface area contributed by atoms with Crippen molar-refractivity contribution in [2.45, 2.75) is 38.4 Å². The summed E-state index contributed by atoms with van der Waals surface area (Å²) in [5.41, 5.74) is 14.4. The number of hydrogen-bond acceptors (Lipinski definition) is 15. The van der Waals surface area contributed by atoms with E-state index < -0.39 is 34.5 Å². The van der Waals surface area contributed by atoms with E-state index in [-0.39, 0.29) is 78.2 Å². The Kier molecular flexibility index (Phi) is 9.54. The van der Waals surface area contributed by atoms with Crippen LogP contribution in [0.15, 0.2) is 19.2 Å².